The molecule has 116 heavy (non-hydrogen) atoms. The summed E-state index contributed by atoms with van der Waals surface area (Å²) in [5.41, 5.74) is 5.97. The maximum atomic E-state index is 15.8. The molecule has 5 heterocycles. The lowest BCUT2D eigenvalue weighted by Crippen LogP contribution is -2.60. The number of nitrogens with zero attached hydrogens (tertiary/aromatic N) is 5. The molecule has 634 valence electrons. The highest BCUT2D eigenvalue weighted by atomic mass is 32.1. The van der Waals surface area contributed by atoms with Crippen LogP contribution in [0.2, 0.25) is 0 Å². The molecule has 0 fully saturated rings. The number of phenols is 1. The summed E-state index contributed by atoms with van der Waals surface area (Å²) in [4.78, 5) is 187. The molecule has 7 rings (SSSR count). The van der Waals surface area contributed by atoms with E-state index in [1.54, 1.807) is 85.5 Å². The molecule has 2 aliphatic rings. The quantitative estimate of drug-likeness (QED) is 0.0136. The average Bonchev–Trinajstić information content (AvgIpc) is 1.56. The van der Waals surface area contributed by atoms with Crippen LogP contribution in [0.15, 0.2) is 46.6 Å². The van der Waals surface area contributed by atoms with Crippen LogP contribution in [0, 0.1) is 29.5 Å². The van der Waals surface area contributed by atoms with Crippen molar-refractivity contribution in [3.8, 4) is 22.9 Å². The third-order valence-corrected chi connectivity index (χ3v) is 22.5. The Morgan fingerprint density at radius 2 is 1.42 bits per heavy atom. The van der Waals surface area contributed by atoms with Crippen molar-refractivity contribution in [3.05, 3.63) is 96.5 Å². The largest absolute Gasteiger partial charge is 0.506 e. The predicted molar refractivity (Wildman–Crippen MR) is 429 cm³/mol. The molecule has 35 heteroatoms. The SMILES string of the molecule is CCc1c2c(nc3cc(F)c(OCCNC(=O)[C@H](C)NC(=O)[C@@H](NC(=O)[C@@H](N)CCC(=O)N[C@H](C(=O)N[C@@H](C)C(=O)Nc4cc(C[C@@H](CCC(=O)O)NC(=O)c5csc([C@@H](C[C@H](C(C)C)N(C)C(=O)[C@@H](NC(=O)C(C)(C)N(C)C)[C@@H](C)CC)OC(C)=O)n5)ccc4O)C(C)C)C(C)C)cc13)-c1cc3c(c(=O)n1C2)COC(=O)[C@]3(O)CC. The molecule has 0 bridgehead atoms. The van der Waals surface area contributed by atoms with E-state index < -0.39 is 148 Å². The number of amides is 9. The molecule has 11 atom stereocenters. The summed E-state index contributed by atoms with van der Waals surface area (Å²) < 4.78 is 34.0. The zero-order valence-corrected chi connectivity index (χ0v) is 70.0. The first kappa shape index (κ1) is 92.6. The number of hydrogen-bond donors (Lipinski definition) is 12. The Labute approximate surface area is 677 Å². The number of carbonyl (C=O) groups excluding carboxylic acids is 11. The van der Waals surface area contributed by atoms with Gasteiger partial charge in [-0.3, -0.25) is 62.4 Å². The second-order valence-corrected chi connectivity index (χ2v) is 32.4. The predicted octanol–water partition coefficient (Wildman–Crippen LogP) is 5.03. The van der Waals surface area contributed by atoms with Crippen molar-refractivity contribution < 1.29 is 91.5 Å². The molecular weight excluding hydrogens is 1520 g/mol. The molecule has 5 aromatic rings. The van der Waals surface area contributed by atoms with E-state index in [1.165, 1.54) is 61.1 Å². The van der Waals surface area contributed by atoms with E-state index >= 15 is 4.39 Å². The lowest BCUT2D eigenvalue weighted by atomic mass is 9.86. The number of fused-ring (bicyclic) bond motifs is 5. The van der Waals surface area contributed by atoms with Crippen molar-refractivity contribution in [1.29, 1.82) is 0 Å². The van der Waals surface area contributed by atoms with E-state index in [0.717, 1.165) is 16.9 Å². The van der Waals surface area contributed by atoms with Crippen LogP contribution >= 0.6 is 11.3 Å². The number of nitrogens with two attached hydrogens (primary N) is 1. The first-order chi connectivity index (χ1) is 54.4. The third kappa shape index (κ3) is 22.4. The van der Waals surface area contributed by atoms with Gasteiger partial charge in [0.1, 0.15) is 59.9 Å². The minimum atomic E-state index is -2.02. The Morgan fingerprint density at radius 1 is 0.776 bits per heavy atom. The van der Waals surface area contributed by atoms with Crippen LogP contribution in [0.5, 0.6) is 11.5 Å². The molecule has 0 unspecified atom stereocenters. The van der Waals surface area contributed by atoms with Crippen molar-refractivity contribution >= 4 is 99.0 Å². The lowest BCUT2D eigenvalue weighted by molar-refractivity contribution is -0.172. The van der Waals surface area contributed by atoms with Gasteiger partial charge in [-0.25, -0.2) is 19.2 Å². The van der Waals surface area contributed by atoms with Crippen molar-refractivity contribution in [1.82, 2.24) is 61.6 Å². The first-order valence-electron chi connectivity index (χ1n) is 39.1. The number of cyclic esters (lactones) is 1. The monoisotopic (exact) mass is 1640 g/mol. The third-order valence-electron chi connectivity index (χ3n) is 21.6. The molecule has 9 amide bonds. The van der Waals surface area contributed by atoms with Crippen LogP contribution < -0.4 is 58.6 Å². The molecule has 33 nitrogen and oxygen atoms in total. The summed E-state index contributed by atoms with van der Waals surface area (Å²) in [6.07, 6.45) is -0.981. The minimum absolute atomic E-state index is 0.0120. The molecule has 0 spiro atoms. The van der Waals surface area contributed by atoms with Crippen LogP contribution in [0.3, 0.4) is 0 Å². The average molecular weight is 1640 g/mol. The number of carboxylic acids is 1. The van der Waals surface area contributed by atoms with Crippen LogP contribution in [0.4, 0.5) is 10.1 Å². The number of carbonyl (C=O) groups is 12. The lowest BCUT2D eigenvalue weighted by Gasteiger charge is -2.38. The number of rotatable bonds is 40. The van der Waals surface area contributed by atoms with Crippen LogP contribution in [-0.2, 0) is 93.8 Å². The number of aliphatic carboxylic acids is 1. The number of nitrogens with one attached hydrogen (secondary N) is 8. The maximum Gasteiger partial charge on any atom is 0.343 e. The number of esters is 2. The van der Waals surface area contributed by atoms with Gasteiger partial charge >= 0.3 is 17.9 Å². The summed E-state index contributed by atoms with van der Waals surface area (Å²) in [7, 11) is 5.17. The fourth-order valence-electron chi connectivity index (χ4n) is 13.6. The van der Waals surface area contributed by atoms with Gasteiger partial charge in [-0.1, -0.05) is 81.7 Å². The Hall–Kier alpha value is -10.5. The normalized spacial score (nSPS) is 16.3. The summed E-state index contributed by atoms with van der Waals surface area (Å²) in [6.45, 7) is 24.7. The number of benzene rings is 2. The van der Waals surface area contributed by atoms with Gasteiger partial charge < -0.3 is 87.3 Å². The Kier molecular flexibility index (Phi) is 31.9. The summed E-state index contributed by atoms with van der Waals surface area (Å²) >= 11 is 1.04. The fourth-order valence-corrected chi connectivity index (χ4v) is 14.5. The topological polar surface area (TPSA) is 470 Å². The second kappa shape index (κ2) is 39.9. The van der Waals surface area contributed by atoms with Crippen molar-refractivity contribution in [2.75, 3.05) is 39.6 Å². The maximum absolute atomic E-state index is 15.8. The van der Waals surface area contributed by atoms with Crippen molar-refractivity contribution in [2.45, 2.75) is 240 Å². The van der Waals surface area contributed by atoms with E-state index in [0.29, 0.717) is 40.7 Å². The van der Waals surface area contributed by atoms with Gasteiger partial charge in [0.15, 0.2) is 23.3 Å². The summed E-state index contributed by atoms with van der Waals surface area (Å²) in [5.74, 6) is -11.2. The molecule has 0 aliphatic carbocycles. The van der Waals surface area contributed by atoms with E-state index in [4.69, 9.17) is 24.9 Å². The highest BCUT2D eigenvalue weighted by molar-refractivity contribution is 7.09. The van der Waals surface area contributed by atoms with Gasteiger partial charge in [-0.05, 0) is 133 Å². The number of carboxylic acid groups (broad SMARTS) is 1. The van der Waals surface area contributed by atoms with Gasteiger partial charge in [0, 0.05) is 73.3 Å². The fraction of sp³-hybridized carbons (Fsp3) is 0.568. The molecular formula is C81H113FN14O19S. The number of aliphatic hydroxyl groups is 1. The molecule has 0 radical (unpaired) electrons. The smallest absolute Gasteiger partial charge is 0.343 e. The van der Waals surface area contributed by atoms with Gasteiger partial charge in [0.2, 0.25) is 47.3 Å². The number of aromatic nitrogens is 3. The van der Waals surface area contributed by atoms with E-state index in [9.17, 15) is 77.6 Å². The number of pyridine rings is 2. The highest BCUT2D eigenvalue weighted by Crippen LogP contribution is 2.42. The highest BCUT2D eigenvalue weighted by Gasteiger charge is 2.46. The van der Waals surface area contributed by atoms with Crippen LogP contribution in [0.1, 0.15) is 198 Å². The molecule has 2 aromatic carbocycles. The van der Waals surface area contributed by atoms with E-state index in [1.807, 2.05) is 34.6 Å². The molecule has 3 aromatic heterocycles. The van der Waals surface area contributed by atoms with E-state index in [2.05, 4.69) is 47.5 Å². The van der Waals surface area contributed by atoms with Gasteiger partial charge in [-0.2, -0.15) is 0 Å². The van der Waals surface area contributed by atoms with Crippen LogP contribution in [-0.4, -0.2) is 199 Å². The number of ether oxygens (including phenoxy) is 3. The van der Waals surface area contributed by atoms with Gasteiger partial charge in [0.05, 0.1) is 52.8 Å². The standard InChI is InChI=1S/C81H113FN14O19S/c1-19-42(10)67(93-78(110)80(14,15)94(16)17)77(109)95(18)58(39(4)5)35-62(115-45(13)97)75-90-57(38-116-75)72(105)87-47(23-27-64(100)101)30-46-22-25-60(98)56(31-46)89-70(103)44(12)86-73(106)65(40(6)7)91-63(99)26-24-54(83)71(104)92-66(41(8)9)74(107)85-43(11)69(102)84-28-29-113-61-32-49-48(20-2)50-36-96-59(68(50)88-55(49)34-53(61)82)33-52-51(76(96)108)37-114-79(111)81(52,112)21-3/h22,25,31-34,38-44,47,54,58,62,65-67,98,112H,19-21,23-24,26-30,35-37,83H2,1-18H3,(H,84,102)(H,85,107)(H,86,106)(H,87,105)(H,89,103)(H,91,99)(H,92,104)(H,93,110)(H,100,101)/t42-,43-,44-,47+,54-,58+,62+,65-,66-,67-,81-/m0/s1. The first-order valence-corrected chi connectivity index (χ1v) is 40.0. The number of phenolic OH excluding ortho intramolecular Hbond substituents is 1. The van der Waals surface area contributed by atoms with Crippen molar-refractivity contribution in [3.63, 3.8) is 0 Å². The van der Waals surface area contributed by atoms with Crippen molar-refractivity contribution in [2.24, 2.45) is 29.4 Å². The van der Waals surface area contributed by atoms with Gasteiger partial charge in [-0.15, -0.1) is 11.3 Å². The zero-order chi connectivity index (χ0) is 86.4. The summed E-state index contributed by atoms with van der Waals surface area (Å²) in [6, 6.07) is 0.0560. The van der Waals surface area contributed by atoms with Crippen LogP contribution in [0.25, 0.3) is 22.3 Å². The molecule has 2 aliphatic heterocycles. The molecule has 0 saturated heterocycles. The molecule has 13 N–H and O–H groups in total. The Morgan fingerprint density at radius 3 is 2.02 bits per heavy atom. The van der Waals surface area contributed by atoms with Gasteiger partial charge in [0.25, 0.3) is 11.5 Å². The van der Waals surface area contributed by atoms with E-state index in [-0.39, 0.29) is 139 Å². The number of thiazole rings is 1. The number of likely N-dealkylation sites (N-methyl/N-ethyl adjacent to an activating group) is 2. The molecule has 0 saturated carbocycles. The zero-order valence-electron chi connectivity index (χ0n) is 69.2. The Bertz CT molecular complexity index is 4580. The minimum Gasteiger partial charge on any atom is -0.506 e. The summed E-state index contributed by atoms with van der Waals surface area (Å²) in [5, 5.41) is 55.6. The number of aromatic hydroxyl groups is 1. The number of aryl methyl sites for hydroxylation is 1. The number of hydrogen-bond acceptors (Lipinski definition) is 23. The number of halogens is 1. The Balaban J connectivity index is 0.881. The second-order valence-electron chi connectivity index (χ2n) is 31.5. The number of anilines is 1.